The monoisotopic (exact) mass is 643 g/mol. The summed E-state index contributed by atoms with van der Waals surface area (Å²) in [7, 11) is -3.48. The molecule has 1 amide bonds. The Morgan fingerprint density at radius 1 is 1.18 bits per heavy atom. The number of piperazine rings is 1. The summed E-state index contributed by atoms with van der Waals surface area (Å²) >= 11 is 6.07. The Bertz CT molecular complexity index is 1670. The molecule has 1 saturated carbocycles. The molecule has 2 heterocycles. The number of amides is 1. The summed E-state index contributed by atoms with van der Waals surface area (Å²) in [6.07, 6.45) is 4.00. The number of pyridine rings is 1. The Hall–Kier alpha value is -3.61. The van der Waals surface area contributed by atoms with E-state index in [-0.39, 0.29) is 29.0 Å². The predicted octanol–water partition coefficient (Wildman–Crippen LogP) is 5.55. The van der Waals surface area contributed by atoms with Crippen molar-refractivity contribution < 1.29 is 22.0 Å². The molecule has 0 spiro atoms. The summed E-state index contributed by atoms with van der Waals surface area (Å²) in [4.78, 5) is 20.6. The quantitative estimate of drug-likeness (QED) is 0.160. The van der Waals surface area contributed by atoms with E-state index in [1.165, 1.54) is 24.4 Å². The largest absolute Gasteiger partial charge is 0.324 e. The van der Waals surface area contributed by atoms with Crippen molar-refractivity contribution in [2.45, 2.75) is 61.9 Å². The molecule has 10 nitrogen and oxygen atoms in total. The molecule has 14 heteroatoms. The van der Waals surface area contributed by atoms with Gasteiger partial charge in [-0.15, -0.1) is 0 Å². The zero-order valence-electron chi connectivity index (χ0n) is 23.9. The third-order valence-electron chi connectivity index (χ3n) is 8.04. The van der Waals surface area contributed by atoms with Crippen molar-refractivity contribution in [3.63, 3.8) is 0 Å². The van der Waals surface area contributed by atoms with Gasteiger partial charge in [-0.3, -0.25) is 9.78 Å². The van der Waals surface area contributed by atoms with Crippen LogP contribution in [0.3, 0.4) is 0 Å². The molecule has 0 bridgehead atoms. The first-order valence-corrected chi connectivity index (χ1v) is 16.2. The van der Waals surface area contributed by atoms with Crippen LogP contribution in [0.25, 0.3) is 10.4 Å². The number of carbonyl (C=O) groups excluding carboxylic acids is 1. The second-order valence-corrected chi connectivity index (χ2v) is 13.7. The fourth-order valence-corrected chi connectivity index (χ4v) is 8.19. The number of nitrogens with zero attached hydrogens (tertiary/aromatic N) is 5. The Morgan fingerprint density at radius 2 is 1.93 bits per heavy atom. The molecule has 0 radical (unpaired) electrons. The van der Waals surface area contributed by atoms with Crippen molar-refractivity contribution in [3.05, 3.63) is 105 Å². The SMILES string of the molecule is CC1CNCC(CCc2c(F)cncc2NC(=O)C(N=[N+]=[N-])C(c2ccc(Cl)cc2)c2cccc(F)c2)N1S(=O)(=O)C1CC1. The number of anilines is 1. The van der Waals surface area contributed by atoms with Crippen LogP contribution in [0.2, 0.25) is 5.02 Å². The van der Waals surface area contributed by atoms with Gasteiger partial charge in [-0.25, -0.2) is 17.2 Å². The van der Waals surface area contributed by atoms with Crippen LogP contribution in [0.5, 0.6) is 0 Å². The maximum atomic E-state index is 15.2. The third kappa shape index (κ3) is 7.03. The van der Waals surface area contributed by atoms with Crippen LogP contribution in [0.1, 0.15) is 48.8 Å². The summed E-state index contributed by atoms with van der Waals surface area (Å²) in [5.41, 5.74) is 10.6. The van der Waals surface area contributed by atoms with E-state index in [0.29, 0.717) is 48.5 Å². The Balaban J connectivity index is 1.42. The first-order chi connectivity index (χ1) is 21.1. The van der Waals surface area contributed by atoms with Gasteiger partial charge in [0.1, 0.15) is 17.7 Å². The highest BCUT2D eigenvalue weighted by Gasteiger charge is 2.45. The lowest BCUT2D eigenvalue weighted by atomic mass is 9.84. The van der Waals surface area contributed by atoms with Gasteiger partial charge in [0.05, 0.1) is 23.3 Å². The molecule has 1 aromatic heterocycles. The first kappa shape index (κ1) is 31.8. The Morgan fingerprint density at radius 3 is 2.61 bits per heavy atom. The smallest absolute Gasteiger partial charge is 0.234 e. The van der Waals surface area contributed by atoms with Gasteiger partial charge in [-0.05, 0) is 73.5 Å². The number of hydrogen-bond acceptors (Lipinski definition) is 6. The van der Waals surface area contributed by atoms with Gasteiger partial charge in [0.2, 0.25) is 15.9 Å². The van der Waals surface area contributed by atoms with Gasteiger partial charge in [-0.1, -0.05) is 41.0 Å². The maximum absolute atomic E-state index is 15.2. The van der Waals surface area contributed by atoms with Gasteiger partial charge in [-0.2, -0.15) is 4.31 Å². The Kier molecular flexibility index (Phi) is 9.81. The van der Waals surface area contributed by atoms with Crippen LogP contribution in [0.4, 0.5) is 14.5 Å². The predicted molar refractivity (Wildman–Crippen MR) is 164 cm³/mol. The highest BCUT2D eigenvalue weighted by atomic mass is 35.5. The van der Waals surface area contributed by atoms with E-state index in [4.69, 9.17) is 11.6 Å². The highest BCUT2D eigenvalue weighted by molar-refractivity contribution is 7.90. The van der Waals surface area contributed by atoms with Crippen LogP contribution in [-0.4, -0.2) is 60.1 Å². The van der Waals surface area contributed by atoms with Crippen molar-refractivity contribution in [2.75, 3.05) is 18.4 Å². The molecular formula is C30H32ClF2N7O3S. The minimum atomic E-state index is -3.48. The molecule has 2 aromatic carbocycles. The van der Waals surface area contributed by atoms with Crippen molar-refractivity contribution in [1.29, 1.82) is 0 Å². The molecule has 2 fully saturated rings. The zero-order valence-corrected chi connectivity index (χ0v) is 25.5. The van der Waals surface area contributed by atoms with Gasteiger partial charge in [0.15, 0.2) is 0 Å². The molecule has 2 aliphatic rings. The van der Waals surface area contributed by atoms with Crippen molar-refractivity contribution in [1.82, 2.24) is 14.6 Å². The second kappa shape index (κ2) is 13.6. The van der Waals surface area contributed by atoms with Crippen LogP contribution in [-0.2, 0) is 21.2 Å². The van der Waals surface area contributed by atoms with E-state index >= 15 is 4.39 Å². The molecule has 5 rings (SSSR count). The molecule has 4 atom stereocenters. The lowest BCUT2D eigenvalue weighted by molar-refractivity contribution is -0.117. The van der Waals surface area contributed by atoms with Gasteiger partial charge in [0.25, 0.3) is 0 Å². The van der Waals surface area contributed by atoms with E-state index in [2.05, 4.69) is 25.6 Å². The second-order valence-electron chi connectivity index (χ2n) is 11.1. The number of aromatic nitrogens is 1. The van der Waals surface area contributed by atoms with Crippen LogP contribution in [0, 0.1) is 11.6 Å². The van der Waals surface area contributed by atoms with E-state index in [1.807, 2.05) is 6.92 Å². The average molecular weight is 644 g/mol. The number of rotatable bonds is 11. The van der Waals surface area contributed by atoms with Crippen LogP contribution >= 0.6 is 11.6 Å². The van der Waals surface area contributed by atoms with Gasteiger partial charge in [0, 0.05) is 46.6 Å². The lowest BCUT2D eigenvalue weighted by Crippen LogP contribution is -2.59. The lowest BCUT2D eigenvalue weighted by Gasteiger charge is -2.40. The van der Waals surface area contributed by atoms with Crippen LogP contribution in [0.15, 0.2) is 66.0 Å². The molecule has 3 aromatic rings. The molecule has 232 valence electrons. The fourth-order valence-electron chi connectivity index (χ4n) is 5.82. The number of nitrogens with one attached hydrogen (secondary N) is 2. The molecule has 4 unspecified atom stereocenters. The van der Waals surface area contributed by atoms with E-state index in [9.17, 15) is 23.1 Å². The fraction of sp³-hybridized carbons (Fsp3) is 0.400. The number of sulfonamides is 1. The molecule has 1 saturated heterocycles. The zero-order chi connectivity index (χ0) is 31.4. The van der Waals surface area contributed by atoms with Crippen molar-refractivity contribution in [3.8, 4) is 0 Å². The minimum absolute atomic E-state index is 0.0654. The molecule has 1 aliphatic heterocycles. The summed E-state index contributed by atoms with van der Waals surface area (Å²) in [6.45, 7) is 2.79. The molecular weight excluding hydrogens is 612 g/mol. The Labute approximate surface area is 259 Å². The summed E-state index contributed by atoms with van der Waals surface area (Å²) < 4.78 is 57.5. The normalized spacial score (nSPS) is 20.4. The highest BCUT2D eigenvalue weighted by Crippen LogP contribution is 2.36. The average Bonchev–Trinajstić information content (AvgIpc) is 3.84. The molecule has 2 N–H and O–H groups in total. The van der Waals surface area contributed by atoms with E-state index in [0.717, 1.165) is 6.20 Å². The standard InChI is InChI=1S/C30H32ClF2N7O3S/c1-18-14-35-15-23(40(18)44(42,43)24-10-11-24)9-12-25-26(33)16-36-17-27(25)37-30(41)29(38-39-34)28(19-5-7-21(31)8-6-19)20-3-2-4-22(32)13-20/h2-8,13,16-18,23-24,28-29,35H,9-12,14-15H2,1H3,(H,37,41). The maximum Gasteiger partial charge on any atom is 0.234 e. The van der Waals surface area contributed by atoms with Crippen molar-refractivity contribution in [2.24, 2.45) is 5.11 Å². The third-order valence-corrected chi connectivity index (χ3v) is 10.9. The molecule has 1 aliphatic carbocycles. The number of azide groups is 1. The first-order valence-electron chi connectivity index (χ1n) is 14.3. The summed E-state index contributed by atoms with van der Waals surface area (Å²) in [5, 5.41) is 9.79. The number of carbonyl (C=O) groups is 1. The number of hydrogen-bond donors (Lipinski definition) is 2. The number of halogens is 3. The van der Waals surface area contributed by atoms with Gasteiger partial charge < -0.3 is 10.6 Å². The van der Waals surface area contributed by atoms with E-state index < -0.39 is 45.6 Å². The molecule has 44 heavy (non-hydrogen) atoms. The van der Waals surface area contributed by atoms with Gasteiger partial charge >= 0.3 is 0 Å². The topological polar surface area (TPSA) is 140 Å². The van der Waals surface area contributed by atoms with E-state index in [1.54, 1.807) is 34.6 Å². The summed E-state index contributed by atoms with van der Waals surface area (Å²) in [5.74, 6) is -2.87. The summed E-state index contributed by atoms with van der Waals surface area (Å²) in [6, 6.07) is 10.1. The number of benzene rings is 2. The van der Waals surface area contributed by atoms with Crippen molar-refractivity contribution >= 4 is 33.2 Å². The minimum Gasteiger partial charge on any atom is -0.324 e. The van der Waals surface area contributed by atoms with Crippen LogP contribution < -0.4 is 10.6 Å².